The molecule has 0 aromatic carbocycles. The highest BCUT2D eigenvalue weighted by atomic mass is 79.9. The van der Waals surface area contributed by atoms with Gasteiger partial charge in [0.15, 0.2) is 5.03 Å². The Morgan fingerprint density at radius 3 is 2.86 bits per heavy atom. The van der Waals surface area contributed by atoms with E-state index in [0.717, 1.165) is 9.35 Å². The number of nitrogens with one attached hydrogen (secondary N) is 1. The van der Waals surface area contributed by atoms with E-state index >= 15 is 0 Å². The molecular formula is C13H16BrN3O2S2. The van der Waals surface area contributed by atoms with Gasteiger partial charge in [0.2, 0.25) is 0 Å². The fourth-order valence-corrected chi connectivity index (χ4v) is 4.27. The SMILES string of the molecule is CCNc1cccnc1S(=O)(=O)N(C)Cc1csc(Br)c1. The Labute approximate surface area is 137 Å². The van der Waals surface area contributed by atoms with Gasteiger partial charge in [-0.15, -0.1) is 11.3 Å². The summed E-state index contributed by atoms with van der Waals surface area (Å²) in [5.41, 5.74) is 1.47. The van der Waals surface area contributed by atoms with Gasteiger partial charge in [0.05, 0.1) is 9.47 Å². The molecule has 0 aliphatic carbocycles. The number of anilines is 1. The van der Waals surface area contributed by atoms with Crippen LogP contribution in [0.3, 0.4) is 0 Å². The Bertz CT molecular complexity index is 716. The summed E-state index contributed by atoms with van der Waals surface area (Å²) in [7, 11) is -2.07. The minimum atomic E-state index is -3.63. The standard InChI is InChI=1S/C13H16BrN3O2S2/c1-3-15-11-5-4-6-16-13(11)21(18,19)17(2)8-10-7-12(14)20-9-10/h4-7,9,15H,3,8H2,1-2H3. The van der Waals surface area contributed by atoms with Crippen molar-refractivity contribution in [2.45, 2.75) is 18.5 Å². The van der Waals surface area contributed by atoms with Gasteiger partial charge in [-0.1, -0.05) is 0 Å². The summed E-state index contributed by atoms with van der Waals surface area (Å²) in [6.45, 7) is 2.86. The van der Waals surface area contributed by atoms with E-state index in [-0.39, 0.29) is 5.03 Å². The zero-order valence-electron chi connectivity index (χ0n) is 11.7. The quantitative estimate of drug-likeness (QED) is 0.823. The van der Waals surface area contributed by atoms with Crippen LogP contribution in [0.1, 0.15) is 12.5 Å². The van der Waals surface area contributed by atoms with Crippen LogP contribution in [0.15, 0.2) is 38.6 Å². The van der Waals surface area contributed by atoms with Crippen LogP contribution in [-0.2, 0) is 16.6 Å². The predicted molar refractivity (Wildman–Crippen MR) is 89.1 cm³/mol. The Kier molecular flexibility index (Phi) is 5.37. The lowest BCUT2D eigenvalue weighted by Gasteiger charge is -2.18. The van der Waals surface area contributed by atoms with Crippen LogP contribution in [-0.4, -0.2) is 31.3 Å². The number of rotatable bonds is 6. The summed E-state index contributed by atoms with van der Waals surface area (Å²) in [5, 5.41) is 5.02. The van der Waals surface area contributed by atoms with Crippen molar-refractivity contribution in [2.75, 3.05) is 18.9 Å². The van der Waals surface area contributed by atoms with Crippen LogP contribution in [0.25, 0.3) is 0 Å². The molecule has 0 amide bonds. The average Bonchev–Trinajstić information content (AvgIpc) is 2.85. The normalized spacial score (nSPS) is 11.8. The number of hydrogen-bond acceptors (Lipinski definition) is 5. The molecule has 0 radical (unpaired) electrons. The van der Waals surface area contributed by atoms with Gasteiger partial charge in [0.1, 0.15) is 0 Å². The molecule has 21 heavy (non-hydrogen) atoms. The summed E-state index contributed by atoms with van der Waals surface area (Å²) in [5.74, 6) is 0. The van der Waals surface area contributed by atoms with E-state index in [1.807, 2.05) is 18.4 Å². The van der Waals surface area contributed by atoms with E-state index in [1.165, 1.54) is 21.8 Å². The maximum absolute atomic E-state index is 12.7. The number of pyridine rings is 1. The molecule has 2 aromatic rings. The van der Waals surface area contributed by atoms with Crippen molar-refractivity contribution >= 4 is 43.0 Å². The Hall–Kier alpha value is -0.960. The van der Waals surface area contributed by atoms with Gasteiger partial charge in [-0.25, -0.2) is 13.4 Å². The molecule has 0 atom stereocenters. The third-order valence-electron chi connectivity index (χ3n) is 2.82. The Morgan fingerprint density at radius 2 is 2.24 bits per heavy atom. The summed E-state index contributed by atoms with van der Waals surface area (Å²) < 4.78 is 27.6. The van der Waals surface area contributed by atoms with Crippen LogP contribution in [0, 0.1) is 0 Å². The molecule has 114 valence electrons. The van der Waals surface area contributed by atoms with Gasteiger partial charge in [-0.05, 0) is 52.0 Å². The number of halogens is 1. The fourth-order valence-electron chi connectivity index (χ4n) is 1.84. The molecule has 0 saturated heterocycles. The molecular weight excluding hydrogens is 374 g/mol. The van der Waals surface area contributed by atoms with E-state index in [0.29, 0.717) is 18.8 Å². The summed E-state index contributed by atoms with van der Waals surface area (Å²) >= 11 is 4.91. The Morgan fingerprint density at radius 1 is 1.48 bits per heavy atom. The van der Waals surface area contributed by atoms with Crippen molar-refractivity contribution in [1.29, 1.82) is 0 Å². The third-order valence-corrected chi connectivity index (χ3v) is 6.14. The van der Waals surface area contributed by atoms with Crippen LogP contribution in [0.4, 0.5) is 5.69 Å². The van der Waals surface area contributed by atoms with Crippen molar-refractivity contribution in [3.8, 4) is 0 Å². The lowest BCUT2D eigenvalue weighted by atomic mass is 10.3. The second-order valence-electron chi connectivity index (χ2n) is 4.41. The molecule has 1 N–H and O–H groups in total. The molecule has 2 heterocycles. The van der Waals surface area contributed by atoms with Crippen molar-refractivity contribution in [3.05, 3.63) is 39.1 Å². The van der Waals surface area contributed by atoms with Crippen LogP contribution < -0.4 is 5.32 Å². The first-order chi connectivity index (χ1) is 9.95. The second-order valence-corrected chi connectivity index (χ2v) is 8.66. The third kappa shape index (κ3) is 3.82. The van der Waals surface area contributed by atoms with E-state index in [2.05, 4.69) is 26.2 Å². The molecule has 2 aromatic heterocycles. The summed E-state index contributed by atoms with van der Waals surface area (Å²) in [6.07, 6.45) is 1.49. The molecule has 0 spiro atoms. The molecule has 5 nitrogen and oxygen atoms in total. The number of thiophene rings is 1. The average molecular weight is 390 g/mol. The highest BCUT2D eigenvalue weighted by Gasteiger charge is 2.25. The van der Waals surface area contributed by atoms with Crippen LogP contribution in [0.2, 0.25) is 0 Å². The Balaban J connectivity index is 2.28. The number of aromatic nitrogens is 1. The molecule has 2 rings (SSSR count). The van der Waals surface area contributed by atoms with Crippen molar-refractivity contribution in [1.82, 2.24) is 9.29 Å². The zero-order valence-corrected chi connectivity index (χ0v) is 14.9. The van der Waals surface area contributed by atoms with Gasteiger partial charge >= 0.3 is 0 Å². The first-order valence-corrected chi connectivity index (χ1v) is 9.44. The lowest BCUT2D eigenvalue weighted by Crippen LogP contribution is -2.28. The molecule has 0 aliphatic heterocycles. The van der Waals surface area contributed by atoms with E-state index < -0.39 is 10.0 Å². The molecule has 0 fully saturated rings. The van der Waals surface area contributed by atoms with Gasteiger partial charge < -0.3 is 5.32 Å². The molecule has 0 bridgehead atoms. The largest absolute Gasteiger partial charge is 0.383 e. The monoisotopic (exact) mass is 389 g/mol. The number of sulfonamides is 1. The van der Waals surface area contributed by atoms with E-state index in [1.54, 1.807) is 19.2 Å². The highest BCUT2D eigenvalue weighted by molar-refractivity contribution is 9.11. The first kappa shape index (κ1) is 16.4. The predicted octanol–water partition coefficient (Wildman–Crippen LogP) is 3.16. The van der Waals surface area contributed by atoms with Gasteiger partial charge in [0.25, 0.3) is 10.0 Å². The zero-order chi connectivity index (χ0) is 15.5. The van der Waals surface area contributed by atoms with Crippen molar-refractivity contribution < 1.29 is 8.42 Å². The maximum Gasteiger partial charge on any atom is 0.262 e. The van der Waals surface area contributed by atoms with E-state index in [9.17, 15) is 8.42 Å². The second kappa shape index (κ2) is 6.87. The highest BCUT2D eigenvalue weighted by Crippen LogP contribution is 2.25. The fraction of sp³-hybridized carbons (Fsp3) is 0.308. The van der Waals surface area contributed by atoms with Crippen LogP contribution >= 0.6 is 27.3 Å². The summed E-state index contributed by atoms with van der Waals surface area (Å²) in [6, 6.07) is 5.35. The minimum absolute atomic E-state index is 0.0589. The molecule has 0 unspecified atom stereocenters. The van der Waals surface area contributed by atoms with E-state index in [4.69, 9.17) is 0 Å². The number of nitrogens with zero attached hydrogens (tertiary/aromatic N) is 2. The topological polar surface area (TPSA) is 62.3 Å². The number of hydrogen-bond donors (Lipinski definition) is 1. The first-order valence-electron chi connectivity index (χ1n) is 6.33. The van der Waals surface area contributed by atoms with Crippen LogP contribution in [0.5, 0.6) is 0 Å². The smallest absolute Gasteiger partial charge is 0.262 e. The van der Waals surface area contributed by atoms with Gasteiger partial charge in [-0.2, -0.15) is 4.31 Å². The minimum Gasteiger partial charge on any atom is -0.383 e. The molecule has 0 saturated carbocycles. The van der Waals surface area contributed by atoms with Gasteiger partial charge in [-0.3, -0.25) is 0 Å². The molecule has 0 aliphatic rings. The van der Waals surface area contributed by atoms with Gasteiger partial charge in [0, 0.05) is 26.3 Å². The maximum atomic E-state index is 12.7. The van der Waals surface area contributed by atoms with Crippen molar-refractivity contribution in [3.63, 3.8) is 0 Å². The lowest BCUT2D eigenvalue weighted by molar-refractivity contribution is 0.464. The van der Waals surface area contributed by atoms with Crippen molar-refractivity contribution in [2.24, 2.45) is 0 Å². The summed E-state index contributed by atoms with van der Waals surface area (Å²) in [4.78, 5) is 4.04. The molecule has 8 heteroatoms.